The Balaban J connectivity index is 2.00. The normalized spacial score (nSPS) is 21.2. The molecule has 1 fully saturated rings. The first kappa shape index (κ1) is 17.4. The number of ether oxygens (including phenoxy) is 2. The number of ketones is 1. The summed E-state index contributed by atoms with van der Waals surface area (Å²) in [5.74, 6) is 0.385. The predicted molar refractivity (Wildman–Crippen MR) is 81.7 cm³/mol. The van der Waals surface area contributed by atoms with E-state index < -0.39 is 0 Å². The molecule has 116 valence electrons. The van der Waals surface area contributed by atoms with E-state index in [-0.39, 0.29) is 12.4 Å². The molecule has 0 bridgehead atoms. The molecule has 20 heavy (non-hydrogen) atoms. The summed E-state index contributed by atoms with van der Waals surface area (Å²) >= 11 is 0. The monoisotopic (exact) mass is 282 g/mol. The Hall–Kier alpha value is -0.670. The van der Waals surface area contributed by atoms with Crippen molar-refractivity contribution in [3.63, 3.8) is 0 Å². The number of rotatable bonds is 10. The molecule has 1 unspecified atom stereocenters. The van der Waals surface area contributed by atoms with Gasteiger partial charge in [-0.1, -0.05) is 12.2 Å². The van der Waals surface area contributed by atoms with Crippen LogP contribution in [0, 0.1) is 0 Å². The van der Waals surface area contributed by atoms with Crippen molar-refractivity contribution < 1.29 is 14.3 Å². The van der Waals surface area contributed by atoms with Gasteiger partial charge >= 0.3 is 0 Å². The summed E-state index contributed by atoms with van der Waals surface area (Å²) in [6.45, 7) is 4.91. The van der Waals surface area contributed by atoms with E-state index in [1.165, 1.54) is 6.42 Å². The summed E-state index contributed by atoms with van der Waals surface area (Å²) in [7, 11) is 0. The van der Waals surface area contributed by atoms with Crippen molar-refractivity contribution in [3.05, 3.63) is 12.2 Å². The average Bonchev–Trinajstić information content (AvgIpc) is 2.45. The lowest BCUT2D eigenvalue weighted by Gasteiger charge is -2.26. The Labute approximate surface area is 123 Å². The summed E-state index contributed by atoms with van der Waals surface area (Å²) < 4.78 is 11.4. The first-order valence-corrected chi connectivity index (χ1v) is 8.12. The Kier molecular flexibility index (Phi) is 9.60. The second kappa shape index (κ2) is 11.0. The Morgan fingerprint density at radius 2 is 2.15 bits per heavy atom. The van der Waals surface area contributed by atoms with Crippen LogP contribution < -0.4 is 0 Å². The summed E-state index contributed by atoms with van der Waals surface area (Å²) in [6, 6.07) is 0. The van der Waals surface area contributed by atoms with Crippen molar-refractivity contribution in [1.29, 1.82) is 0 Å². The zero-order valence-electron chi connectivity index (χ0n) is 13.1. The number of allylic oxidation sites excluding steroid dienone is 2. The lowest BCUT2D eigenvalue weighted by molar-refractivity contribution is -0.185. The van der Waals surface area contributed by atoms with Crippen LogP contribution in [0.25, 0.3) is 0 Å². The average molecular weight is 282 g/mol. The summed E-state index contributed by atoms with van der Waals surface area (Å²) in [4.78, 5) is 11.7. The minimum Gasteiger partial charge on any atom is -0.353 e. The number of hydrogen-bond donors (Lipinski definition) is 0. The molecule has 0 aromatic rings. The van der Waals surface area contributed by atoms with Crippen LogP contribution in [0.4, 0.5) is 0 Å². The van der Waals surface area contributed by atoms with Crippen molar-refractivity contribution in [2.75, 3.05) is 6.61 Å². The fraction of sp³-hybridized carbons (Fsp3) is 0.824. The van der Waals surface area contributed by atoms with Gasteiger partial charge in [0.15, 0.2) is 6.29 Å². The highest BCUT2D eigenvalue weighted by Crippen LogP contribution is 2.17. The van der Waals surface area contributed by atoms with Gasteiger partial charge < -0.3 is 9.47 Å². The van der Waals surface area contributed by atoms with Gasteiger partial charge in [0.05, 0.1) is 6.10 Å². The van der Waals surface area contributed by atoms with Crippen molar-refractivity contribution in [2.24, 2.45) is 0 Å². The van der Waals surface area contributed by atoms with Crippen LogP contribution in [0.15, 0.2) is 12.2 Å². The maximum absolute atomic E-state index is 11.7. The number of carbonyl (C=O) groups is 1. The van der Waals surface area contributed by atoms with Crippen LogP contribution in [-0.2, 0) is 14.3 Å². The lowest BCUT2D eigenvalue weighted by atomic mass is 10.1. The van der Waals surface area contributed by atoms with Crippen LogP contribution in [0.3, 0.4) is 0 Å². The van der Waals surface area contributed by atoms with E-state index in [0.717, 1.165) is 45.1 Å². The van der Waals surface area contributed by atoms with Crippen molar-refractivity contribution in [3.8, 4) is 0 Å². The van der Waals surface area contributed by atoms with E-state index in [4.69, 9.17) is 9.47 Å². The molecule has 3 nitrogen and oxygen atoms in total. The number of carbonyl (C=O) groups excluding carboxylic acids is 1. The van der Waals surface area contributed by atoms with E-state index >= 15 is 0 Å². The Bertz CT molecular complexity index is 280. The van der Waals surface area contributed by atoms with E-state index in [1.807, 2.05) is 13.0 Å². The SMILES string of the molecule is C/C=C/CCCC(=O)CCC[C@@H](C)OC1CCCCO1. The molecule has 0 N–H and O–H groups in total. The van der Waals surface area contributed by atoms with Gasteiger partial charge in [0.1, 0.15) is 5.78 Å². The topological polar surface area (TPSA) is 35.5 Å². The zero-order valence-corrected chi connectivity index (χ0v) is 13.1. The molecule has 1 aliphatic heterocycles. The molecule has 0 aromatic heterocycles. The van der Waals surface area contributed by atoms with Gasteiger partial charge in [-0.15, -0.1) is 0 Å². The second-order valence-electron chi connectivity index (χ2n) is 5.63. The van der Waals surface area contributed by atoms with Gasteiger partial charge in [0.25, 0.3) is 0 Å². The van der Waals surface area contributed by atoms with Crippen LogP contribution >= 0.6 is 0 Å². The first-order valence-electron chi connectivity index (χ1n) is 8.12. The molecular formula is C17H30O3. The standard InChI is InChI=1S/C17H30O3/c1-3-4-5-6-11-16(18)12-9-10-15(2)20-17-13-7-8-14-19-17/h3-4,15,17H,5-14H2,1-2H3/b4-3+/t15-,17?/m1/s1. The third kappa shape index (κ3) is 8.49. The molecule has 0 aliphatic carbocycles. The van der Waals surface area contributed by atoms with E-state index in [0.29, 0.717) is 18.6 Å². The van der Waals surface area contributed by atoms with Crippen LogP contribution in [-0.4, -0.2) is 24.8 Å². The van der Waals surface area contributed by atoms with E-state index in [9.17, 15) is 4.79 Å². The van der Waals surface area contributed by atoms with E-state index in [1.54, 1.807) is 0 Å². The molecule has 1 rings (SSSR count). The van der Waals surface area contributed by atoms with Crippen LogP contribution in [0.2, 0.25) is 0 Å². The number of Topliss-reactive ketones (excluding diaryl/α,β-unsaturated/α-hetero) is 1. The largest absolute Gasteiger partial charge is 0.353 e. The Morgan fingerprint density at radius 1 is 1.35 bits per heavy atom. The zero-order chi connectivity index (χ0) is 14.6. The summed E-state index contributed by atoms with van der Waals surface area (Å²) in [5.41, 5.74) is 0. The van der Waals surface area contributed by atoms with Crippen molar-refractivity contribution in [2.45, 2.75) is 84.0 Å². The quantitative estimate of drug-likeness (QED) is 0.440. The summed E-state index contributed by atoms with van der Waals surface area (Å²) in [6.07, 6.45) is 12.9. The fourth-order valence-electron chi connectivity index (χ4n) is 2.44. The van der Waals surface area contributed by atoms with Gasteiger partial charge in [-0.3, -0.25) is 4.79 Å². The molecule has 2 atom stereocenters. The molecule has 0 saturated carbocycles. The van der Waals surface area contributed by atoms with Crippen molar-refractivity contribution >= 4 is 5.78 Å². The third-order valence-electron chi connectivity index (χ3n) is 3.65. The molecule has 0 aromatic carbocycles. The van der Waals surface area contributed by atoms with E-state index in [2.05, 4.69) is 13.0 Å². The highest BCUT2D eigenvalue weighted by molar-refractivity contribution is 5.78. The molecule has 1 aliphatic rings. The van der Waals surface area contributed by atoms with Gasteiger partial charge in [0.2, 0.25) is 0 Å². The predicted octanol–water partition coefficient (Wildman–Crippen LogP) is 4.40. The maximum Gasteiger partial charge on any atom is 0.157 e. The third-order valence-corrected chi connectivity index (χ3v) is 3.65. The minimum absolute atomic E-state index is 0.0183. The molecule has 3 heteroatoms. The molecule has 1 heterocycles. The highest BCUT2D eigenvalue weighted by Gasteiger charge is 2.17. The molecule has 1 saturated heterocycles. The maximum atomic E-state index is 11.7. The van der Waals surface area contributed by atoms with Crippen LogP contribution in [0.1, 0.15) is 71.6 Å². The van der Waals surface area contributed by atoms with Crippen molar-refractivity contribution in [1.82, 2.24) is 0 Å². The number of hydrogen-bond acceptors (Lipinski definition) is 3. The smallest absolute Gasteiger partial charge is 0.157 e. The molecular weight excluding hydrogens is 252 g/mol. The lowest BCUT2D eigenvalue weighted by Crippen LogP contribution is -2.26. The van der Waals surface area contributed by atoms with Gasteiger partial charge in [0, 0.05) is 19.4 Å². The first-order chi connectivity index (χ1) is 9.72. The Morgan fingerprint density at radius 3 is 2.85 bits per heavy atom. The van der Waals surface area contributed by atoms with Gasteiger partial charge in [-0.05, 0) is 58.8 Å². The van der Waals surface area contributed by atoms with Crippen LogP contribution in [0.5, 0.6) is 0 Å². The minimum atomic E-state index is -0.0183. The number of unbranched alkanes of at least 4 members (excludes halogenated alkanes) is 1. The molecule has 0 radical (unpaired) electrons. The summed E-state index contributed by atoms with van der Waals surface area (Å²) in [5, 5.41) is 0. The molecule has 0 amide bonds. The molecule has 0 spiro atoms. The fourth-order valence-corrected chi connectivity index (χ4v) is 2.44. The second-order valence-corrected chi connectivity index (χ2v) is 5.63. The highest BCUT2D eigenvalue weighted by atomic mass is 16.7. The van der Waals surface area contributed by atoms with Gasteiger partial charge in [-0.2, -0.15) is 0 Å². The van der Waals surface area contributed by atoms with Gasteiger partial charge in [-0.25, -0.2) is 0 Å².